The molecule has 2 aromatic rings. The van der Waals surface area contributed by atoms with Crippen LogP contribution in [0, 0.1) is 5.92 Å². The van der Waals surface area contributed by atoms with Crippen LogP contribution in [0.25, 0.3) is 0 Å². The molecule has 0 saturated carbocycles. The van der Waals surface area contributed by atoms with E-state index in [1.807, 2.05) is 26.2 Å². The van der Waals surface area contributed by atoms with Crippen LogP contribution in [0.3, 0.4) is 0 Å². The zero-order chi connectivity index (χ0) is 29.7. The Morgan fingerprint density at radius 1 is 1.05 bits per heavy atom. The number of thiazole rings is 2. The van der Waals surface area contributed by atoms with Gasteiger partial charge in [-0.15, -0.1) is 22.7 Å². The Labute approximate surface area is 245 Å². The van der Waals surface area contributed by atoms with E-state index in [-0.39, 0.29) is 43.1 Å². The normalized spacial score (nSPS) is 13.5. The fourth-order valence-electron chi connectivity index (χ4n) is 3.99. The summed E-state index contributed by atoms with van der Waals surface area (Å²) in [6, 6.07) is -1.48. The summed E-state index contributed by atoms with van der Waals surface area (Å²) in [7, 11) is 1.69. The van der Waals surface area contributed by atoms with Crippen LogP contribution < -0.4 is 21.7 Å². The lowest BCUT2D eigenvalue weighted by atomic mass is 10.0. The van der Waals surface area contributed by atoms with Gasteiger partial charge >= 0.3 is 12.1 Å². The maximum atomic E-state index is 13.2. The molecule has 0 fully saturated rings. The highest BCUT2D eigenvalue weighted by atomic mass is 32.1. The van der Waals surface area contributed by atoms with E-state index in [0.29, 0.717) is 25.3 Å². The van der Waals surface area contributed by atoms with Crippen LogP contribution in [-0.2, 0) is 22.7 Å². The molecular weight excluding hydrogens is 550 g/mol. The van der Waals surface area contributed by atoms with Crippen molar-refractivity contribution in [2.45, 2.75) is 97.5 Å². The summed E-state index contributed by atoms with van der Waals surface area (Å²) in [5, 5.41) is 11.8. The average molecular weight is 596 g/mol. The van der Waals surface area contributed by atoms with Crippen molar-refractivity contribution in [3.8, 4) is 0 Å². The number of hydrogen-bond donors (Lipinski definition) is 4. The molecule has 40 heavy (non-hydrogen) atoms. The van der Waals surface area contributed by atoms with E-state index in [9.17, 15) is 14.4 Å². The summed E-state index contributed by atoms with van der Waals surface area (Å²) >= 11 is 3.01. The molecule has 3 atom stereocenters. The molecule has 2 heterocycles. The molecule has 11 nitrogen and oxygen atoms in total. The second-order valence-corrected chi connectivity index (χ2v) is 12.4. The van der Waals surface area contributed by atoms with Gasteiger partial charge in [-0.25, -0.2) is 14.6 Å². The van der Waals surface area contributed by atoms with Crippen molar-refractivity contribution < 1.29 is 19.1 Å². The summed E-state index contributed by atoms with van der Waals surface area (Å²) in [5.74, 6) is -0.0873. The minimum atomic E-state index is -0.725. The minimum Gasteiger partial charge on any atom is -0.444 e. The first-order valence-corrected chi connectivity index (χ1v) is 15.6. The van der Waals surface area contributed by atoms with Gasteiger partial charge in [-0.3, -0.25) is 9.78 Å². The van der Waals surface area contributed by atoms with Gasteiger partial charge in [0.05, 0.1) is 27.6 Å². The number of amides is 4. The number of carbonyl (C=O) groups is 3. The fourth-order valence-corrected chi connectivity index (χ4v) is 5.32. The Kier molecular flexibility index (Phi) is 14.3. The van der Waals surface area contributed by atoms with E-state index in [4.69, 9.17) is 10.5 Å². The van der Waals surface area contributed by atoms with Crippen molar-refractivity contribution in [3.63, 3.8) is 0 Å². The van der Waals surface area contributed by atoms with Gasteiger partial charge in [-0.05, 0) is 25.2 Å². The van der Waals surface area contributed by atoms with Gasteiger partial charge in [0.15, 0.2) is 0 Å². The summed E-state index contributed by atoms with van der Waals surface area (Å²) in [5.41, 5.74) is 8.50. The van der Waals surface area contributed by atoms with Crippen LogP contribution in [0.4, 0.5) is 9.59 Å². The maximum absolute atomic E-state index is 13.2. The van der Waals surface area contributed by atoms with Gasteiger partial charge < -0.3 is 31.3 Å². The van der Waals surface area contributed by atoms with Crippen molar-refractivity contribution in [1.82, 2.24) is 30.8 Å². The minimum absolute atomic E-state index is 0.110. The molecule has 2 rings (SSSR count). The summed E-state index contributed by atoms with van der Waals surface area (Å²) < 4.78 is 5.30. The van der Waals surface area contributed by atoms with Gasteiger partial charge in [0.2, 0.25) is 5.91 Å². The molecule has 0 aliphatic heterocycles. The number of carbonyl (C=O) groups excluding carboxylic acids is 3. The van der Waals surface area contributed by atoms with Crippen molar-refractivity contribution in [2.24, 2.45) is 11.7 Å². The highest BCUT2D eigenvalue weighted by Crippen LogP contribution is 2.20. The average Bonchev–Trinajstić information content (AvgIpc) is 3.60. The SMILES string of the molecule is CCCC(CCC(CN)NC(=O)C(NC(=O)N(C)Cc1csc(C(C)C)n1)C(C)C)NC(=O)OCc1cncs1. The topological polar surface area (TPSA) is 152 Å². The molecule has 13 heteroatoms. The predicted molar refractivity (Wildman–Crippen MR) is 159 cm³/mol. The van der Waals surface area contributed by atoms with Crippen LogP contribution in [0.1, 0.15) is 81.8 Å². The Morgan fingerprint density at radius 3 is 2.35 bits per heavy atom. The number of ether oxygens (including phenoxy) is 1. The van der Waals surface area contributed by atoms with Gasteiger partial charge in [0.1, 0.15) is 12.6 Å². The van der Waals surface area contributed by atoms with E-state index in [0.717, 1.165) is 28.4 Å². The van der Waals surface area contributed by atoms with E-state index in [2.05, 4.69) is 39.8 Å². The third-order valence-electron chi connectivity index (χ3n) is 6.32. The molecule has 0 aromatic carbocycles. The van der Waals surface area contributed by atoms with Crippen LogP contribution in [0.15, 0.2) is 17.1 Å². The fraction of sp³-hybridized carbons (Fsp3) is 0.667. The number of alkyl carbamates (subject to hydrolysis) is 1. The molecule has 224 valence electrons. The molecule has 0 spiro atoms. The lowest BCUT2D eigenvalue weighted by Gasteiger charge is -2.28. The van der Waals surface area contributed by atoms with E-state index in [1.54, 1.807) is 30.1 Å². The van der Waals surface area contributed by atoms with Crippen molar-refractivity contribution >= 4 is 40.7 Å². The van der Waals surface area contributed by atoms with Gasteiger partial charge in [0, 0.05) is 43.2 Å². The standard InChI is InChI=1S/C27H45N7O4S2/c1-7-8-19(32-27(37)38-14-22-12-29-16-40-22)9-10-20(11-28)30-24(35)23(17(2)3)33-26(36)34(6)13-21-15-39-25(31-21)18(4)5/h12,15-20,23H,7-11,13-14,28H2,1-6H3,(H,30,35)(H,32,37)(H,33,36). The zero-order valence-corrected chi connectivity index (χ0v) is 26.1. The van der Waals surface area contributed by atoms with Crippen molar-refractivity contribution in [2.75, 3.05) is 13.6 Å². The number of urea groups is 1. The summed E-state index contributed by atoms with van der Waals surface area (Å²) in [4.78, 5) is 49.4. The van der Waals surface area contributed by atoms with Crippen LogP contribution in [-0.4, -0.2) is 64.6 Å². The van der Waals surface area contributed by atoms with Crippen molar-refractivity contribution in [3.05, 3.63) is 32.7 Å². The monoisotopic (exact) mass is 595 g/mol. The second kappa shape index (κ2) is 17.1. The first-order chi connectivity index (χ1) is 19.0. The molecule has 4 amide bonds. The first kappa shape index (κ1) is 33.4. The van der Waals surface area contributed by atoms with E-state index in [1.165, 1.54) is 16.2 Å². The van der Waals surface area contributed by atoms with Crippen molar-refractivity contribution in [1.29, 1.82) is 0 Å². The number of rotatable bonds is 16. The Balaban J connectivity index is 1.88. The summed E-state index contributed by atoms with van der Waals surface area (Å²) in [6.45, 7) is 10.7. The Morgan fingerprint density at radius 2 is 1.77 bits per heavy atom. The lowest BCUT2D eigenvalue weighted by Crippen LogP contribution is -2.55. The second-order valence-electron chi connectivity index (χ2n) is 10.6. The van der Waals surface area contributed by atoms with E-state index < -0.39 is 12.1 Å². The smallest absolute Gasteiger partial charge is 0.407 e. The number of nitrogens with one attached hydrogen (secondary N) is 3. The largest absolute Gasteiger partial charge is 0.444 e. The molecule has 0 bridgehead atoms. The molecule has 0 saturated heterocycles. The lowest BCUT2D eigenvalue weighted by molar-refractivity contribution is -0.124. The summed E-state index contributed by atoms with van der Waals surface area (Å²) in [6.07, 6.45) is 4.04. The predicted octanol–water partition coefficient (Wildman–Crippen LogP) is 4.21. The highest BCUT2D eigenvalue weighted by molar-refractivity contribution is 7.09. The number of hydrogen-bond acceptors (Lipinski definition) is 9. The third kappa shape index (κ3) is 11.4. The van der Waals surface area contributed by atoms with Gasteiger partial charge in [-0.2, -0.15) is 0 Å². The molecule has 0 aliphatic carbocycles. The van der Waals surface area contributed by atoms with Crippen LogP contribution in [0.5, 0.6) is 0 Å². The van der Waals surface area contributed by atoms with E-state index >= 15 is 0 Å². The third-order valence-corrected chi connectivity index (χ3v) is 8.27. The molecule has 0 aliphatic rings. The molecule has 5 N–H and O–H groups in total. The quantitative estimate of drug-likeness (QED) is 0.227. The first-order valence-electron chi connectivity index (χ1n) is 13.8. The zero-order valence-electron chi connectivity index (χ0n) is 24.4. The maximum Gasteiger partial charge on any atom is 0.407 e. The Bertz CT molecular complexity index is 1050. The molecule has 2 aromatic heterocycles. The number of aromatic nitrogens is 2. The van der Waals surface area contributed by atoms with Crippen LogP contribution >= 0.6 is 22.7 Å². The number of nitrogens with zero attached hydrogens (tertiary/aromatic N) is 3. The molecule has 3 unspecified atom stereocenters. The highest BCUT2D eigenvalue weighted by Gasteiger charge is 2.27. The van der Waals surface area contributed by atoms with Gasteiger partial charge in [0.25, 0.3) is 0 Å². The molecule has 0 radical (unpaired) electrons. The Hall–Kier alpha value is -2.77. The van der Waals surface area contributed by atoms with Crippen LogP contribution in [0.2, 0.25) is 0 Å². The number of nitrogens with two attached hydrogens (primary N) is 1. The molecular formula is C27H45N7O4S2. The van der Waals surface area contributed by atoms with Gasteiger partial charge in [-0.1, -0.05) is 41.0 Å².